The molecule has 2 heterocycles. The van der Waals surface area contributed by atoms with E-state index in [1.807, 2.05) is 6.07 Å². The van der Waals surface area contributed by atoms with Gasteiger partial charge >= 0.3 is 0 Å². The van der Waals surface area contributed by atoms with E-state index in [-0.39, 0.29) is 5.92 Å². The lowest BCUT2D eigenvalue weighted by Gasteiger charge is -2.23. The van der Waals surface area contributed by atoms with Gasteiger partial charge in [0.2, 0.25) is 0 Å². The van der Waals surface area contributed by atoms with Crippen LogP contribution in [0.2, 0.25) is 0 Å². The van der Waals surface area contributed by atoms with Gasteiger partial charge in [0, 0.05) is 27.6 Å². The van der Waals surface area contributed by atoms with Crippen LogP contribution in [-0.4, -0.2) is 0 Å². The van der Waals surface area contributed by atoms with E-state index in [0.717, 1.165) is 28.9 Å². The summed E-state index contributed by atoms with van der Waals surface area (Å²) in [5, 5.41) is 3.53. The molecule has 1 aliphatic rings. The Morgan fingerprint density at radius 1 is 0.647 bits per heavy atom. The van der Waals surface area contributed by atoms with Gasteiger partial charge in [-0.3, -0.25) is 0 Å². The summed E-state index contributed by atoms with van der Waals surface area (Å²) in [6.45, 7) is 4.28. The smallest absolute Gasteiger partial charge is 0.135 e. The standard InChI is InChI=1S/C32H24O2/c1-19-6-5-7-22(14-19)25-17-23(18-28-24-8-3-4-9-29(24)34-32(25)28)21-11-13-31-27(16-21)26-15-20(2)10-12-30(26)33-31/h3-16,18,25H,17H2,1-2H3. The highest BCUT2D eigenvalue weighted by atomic mass is 16.3. The second-order valence-electron chi connectivity index (χ2n) is 9.53. The van der Waals surface area contributed by atoms with Crippen molar-refractivity contribution in [2.24, 2.45) is 0 Å². The van der Waals surface area contributed by atoms with Crippen LogP contribution in [0.1, 0.15) is 45.9 Å². The molecule has 4 aromatic carbocycles. The van der Waals surface area contributed by atoms with Crippen molar-refractivity contribution in [3.63, 3.8) is 0 Å². The van der Waals surface area contributed by atoms with E-state index in [4.69, 9.17) is 8.83 Å². The summed E-state index contributed by atoms with van der Waals surface area (Å²) in [6, 6.07) is 30.2. The van der Waals surface area contributed by atoms with Gasteiger partial charge in [0.1, 0.15) is 22.5 Å². The molecule has 0 N–H and O–H groups in total. The average Bonchev–Trinajstić information content (AvgIpc) is 3.41. The second kappa shape index (κ2) is 7.23. The predicted molar refractivity (Wildman–Crippen MR) is 140 cm³/mol. The van der Waals surface area contributed by atoms with Gasteiger partial charge in [-0.2, -0.15) is 0 Å². The minimum atomic E-state index is 0.182. The molecule has 6 aromatic rings. The number of allylic oxidation sites excluding steroid dienone is 1. The molecule has 0 aliphatic heterocycles. The molecule has 1 atom stereocenters. The molecule has 34 heavy (non-hydrogen) atoms. The topological polar surface area (TPSA) is 26.3 Å². The first-order valence-corrected chi connectivity index (χ1v) is 11.9. The van der Waals surface area contributed by atoms with E-state index in [0.29, 0.717) is 0 Å². The van der Waals surface area contributed by atoms with Crippen molar-refractivity contribution in [1.29, 1.82) is 0 Å². The van der Waals surface area contributed by atoms with E-state index in [1.54, 1.807) is 0 Å². The van der Waals surface area contributed by atoms with Crippen LogP contribution >= 0.6 is 0 Å². The molecule has 0 bridgehead atoms. The van der Waals surface area contributed by atoms with Crippen LogP contribution < -0.4 is 0 Å². The van der Waals surface area contributed by atoms with Crippen molar-refractivity contribution in [2.45, 2.75) is 26.2 Å². The minimum Gasteiger partial charge on any atom is -0.460 e. The molecule has 2 aromatic heterocycles. The van der Waals surface area contributed by atoms with E-state index >= 15 is 0 Å². The van der Waals surface area contributed by atoms with Gasteiger partial charge in [-0.05, 0) is 73.4 Å². The van der Waals surface area contributed by atoms with Crippen molar-refractivity contribution in [3.05, 3.63) is 119 Å². The van der Waals surface area contributed by atoms with Gasteiger partial charge in [0.05, 0.1) is 0 Å². The number of para-hydroxylation sites is 1. The van der Waals surface area contributed by atoms with Gasteiger partial charge in [0.25, 0.3) is 0 Å². The largest absolute Gasteiger partial charge is 0.460 e. The molecule has 0 amide bonds. The Morgan fingerprint density at radius 3 is 2.29 bits per heavy atom. The molecule has 7 rings (SSSR count). The number of rotatable bonds is 2. The van der Waals surface area contributed by atoms with E-state index in [9.17, 15) is 0 Å². The maximum absolute atomic E-state index is 6.45. The molecule has 164 valence electrons. The molecule has 0 fully saturated rings. The van der Waals surface area contributed by atoms with E-state index in [2.05, 4.69) is 98.8 Å². The molecule has 2 heteroatoms. The van der Waals surface area contributed by atoms with Crippen molar-refractivity contribution in [2.75, 3.05) is 0 Å². The Hall–Kier alpha value is -4.04. The van der Waals surface area contributed by atoms with Crippen molar-refractivity contribution < 1.29 is 8.83 Å². The molecular weight excluding hydrogens is 416 g/mol. The van der Waals surface area contributed by atoms with Crippen LogP contribution in [0.25, 0.3) is 44.6 Å². The third-order valence-electron chi connectivity index (χ3n) is 7.16. The minimum absolute atomic E-state index is 0.182. The fourth-order valence-electron chi connectivity index (χ4n) is 5.49. The quantitative estimate of drug-likeness (QED) is 0.268. The fraction of sp³-hybridized carbons (Fsp3) is 0.125. The van der Waals surface area contributed by atoms with E-state index in [1.165, 1.54) is 49.5 Å². The number of furan rings is 2. The lowest BCUT2D eigenvalue weighted by atomic mass is 9.80. The number of fused-ring (bicyclic) bond motifs is 6. The Balaban J connectivity index is 1.45. The summed E-state index contributed by atoms with van der Waals surface area (Å²) >= 11 is 0. The van der Waals surface area contributed by atoms with Crippen LogP contribution in [0.3, 0.4) is 0 Å². The lowest BCUT2D eigenvalue weighted by Crippen LogP contribution is -2.07. The summed E-state index contributed by atoms with van der Waals surface area (Å²) < 4.78 is 12.6. The summed E-state index contributed by atoms with van der Waals surface area (Å²) in [4.78, 5) is 0. The number of hydrogen-bond acceptors (Lipinski definition) is 2. The average molecular weight is 441 g/mol. The summed E-state index contributed by atoms with van der Waals surface area (Å²) in [5.41, 5.74) is 10.4. The zero-order chi connectivity index (χ0) is 22.8. The molecule has 0 saturated heterocycles. The number of aryl methyl sites for hydroxylation is 2. The Bertz CT molecular complexity index is 1760. The van der Waals surface area contributed by atoms with Gasteiger partial charge in [-0.15, -0.1) is 0 Å². The van der Waals surface area contributed by atoms with E-state index < -0.39 is 0 Å². The molecule has 2 nitrogen and oxygen atoms in total. The maximum Gasteiger partial charge on any atom is 0.135 e. The van der Waals surface area contributed by atoms with Crippen molar-refractivity contribution in [3.8, 4) is 0 Å². The second-order valence-corrected chi connectivity index (χ2v) is 9.53. The van der Waals surface area contributed by atoms with Crippen molar-refractivity contribution in [1.82, 2.24) is 0 Å². The van der Waals surface area contributed by atoms with Crippen LogP contribution in [0.4, 0.5) is 0 Å². The maximum atomic E-state index is 6.45. The number of hydrogen-bond donors (Lipinski definition) is 0. The monoisotopic (exact) mass is 440 g/mol. The summed E-state index contributed by atoms with van der Waals surface area (Å²) in [6.07, 6.45) is 3.23. The number of benzene rings is 4. The molecule has 0 radical (unpaired) electrons. The SMILES string of the molecule is Cc1cccc(C2CC(c3ccc4oc5ccc(C)cc5c4c3)=Cc3c2oc2ccccc32)c1. The third kappa shape index (κ3) is 2.95. The molecule has 0 spiro atoms. The molecular formula is C32H24O2. The highest BCUT2D eigenvalue weighted by molar-refractivity contribution is 6.07. The Morgan fingerprint density at radius 2 is 1.41 bits per heavy atom. The lowest BCUT2D eigenvalue weighted by molar-refractivity contribution is 0.519. The zero-order valence-electron chi connectivity index (χ0n) is 19.3. The normalized spacial score (nSPS) is 15.7. The summed E-state index contributed by atoms with van der Waals surface area (Å²) in [5.74, 6) is 1.25. The van der Waals surface area contributed by atoms with Gasteiger partial charge < -0.3 is 8.83 Å². The highest BCUT2D eigenvalue weighted by Crippen LogP contribution is 2.46. The van der Waals surface area contributed by atoms with Gasteiger partial charge in [-0.1, -0.05) is 65.7 Å². The van der Waals surface area contributed by atoms with Crippen molar-refractivity contribution >= 4 is 44.6 Å². The molecule has 1 aliphatic carbocycles. The van der Waals surface area contributed by atoms with Gasteiger partial charge in [0.15, 0.2) is 0 Å². The summed E-state index contributed by atoms with van der Waals surface area (Å²) in [7, 11) is 0. The molecule has 0 saturated carbocycles. The Kier molecular flexibility index (Phi) is 4.13. The van der Waals surface area contributed by atoms with Crippen LogP contribution in [0.15, 0.2) is 93.8 Å². The highest BCUT2D eigenvalue weighted by Gasteiger charge is 2.29. The van der Waals surface area contributed by atoms with Gasteiger partial charge in [-0.25, -0.2) is 0 Å². The third-order valence-corrected chi connectivity index (χ3v) is 7.16. The zero-order valence-corrected chi connectivity index (χ0v) is 19.3. The van der Waals surface area contributed by atoms with Crippen LogP contribution in [0.5, 0.6) is 0 Å². The first kappa shape index (κ1) is 19.4. The molecule has 1 unspecified atom stereocenters. The Labute approximate surface area is 198 Å². The first-order chi connectivity index (χ1) is 16.6. The van der Waals surface area contributed by atoms with Crippen LogP contribution in [0, 0.1) is 13.8 Å². The first-order valence-electron chi connectivity index (χ1n) is 11.9. The van der Waals surface area contributed by atoms with Crippen LogP contribution in [-0.2, 0) is 0 Å². The predicted octanol–water partition coefficient (Wildman–Crippen LogP) is 9.03. The fourth-order valence-corrected chi connectivity index (χ4v) is 5.49.